The number of ether oxygens (including phenoxy) is 10. The van der Waals surface area contributed by atoms with Crippen LogP contribution in [0.25, 0.3) is 0 Å². The molecule has 0 amide bonds. The zero-order valence-electron chi connectivity index (χ0n) is 43.8. The number of rotatable bonds is 24. The molecule has 0 aliphatic carbocycles. The summed E-state index contributed by atoms with van der Waals surface area (Å²) in [6.07, 6.45) is -7.03. The van der Waals surface area contributed by atoms with Crippen molar-refractivity contribution < 1.29 is 85.7 Å². The molecule has 2 aromatic carbocycles. The highest BCUT2D eigenvalue weighted by Gasteiger charge is 2.54. The van der Waals surface area contributed by atoms with E-state index in [4.69, 9.17) is 57.6 Å². The number of carbonyl (C=O) groups excluding carboxylic acids is 8. The monoisotopic (exact) mass is 1170 g/mol. The van der Waals surface area contributed by atoms with Crippen molar-refractivity contribution in [3.8, 4) is 0 Å². The van der Waals surface area contributed by atoms with E-state index in [1.807, 2.05) is 60.7 Å². The molecule has 0 unspecified atom stereocenters. The fraction of sp³-hybridized carbons (Fsp3) is 0.469. The van der Waals surface area contributed by atoms with Crippen LogP contribution in [-0.4, -0.2) is 174 Å². The van der Waals surface area contributed by atoms with E-state index in [2.05, 4.69) is 20.4 Å². The van der Waals surface area contributed by atoms with Crippen molar-refractivity contribution in [1.29, 1.82) is 0 Å². The van der Waals surface area contributed by atoms with E-state index in [-0.39, 0.29) is 10.3 Å². The van der Waals surface area contributed by atoms with Crippen LogP contribution in [0.5, 0.6) is 0 Å². The lowest BCUT2D eigenvalue weighted by Gasteiger charge is -2.43. The Morgan fingerprint density at radius 2 is 0.772 bits per heavy atom. The number of carbonyl (C=O) groups is 8. The molecule has 6 rings (SSSR count). The summed E-state index contributed by atoms with van der Waals surface area (Å²) in [5.74, 6) is -5.09. The summed E-state index contributed by atoms with van der Waals surface area (Å²) in [5, 5.41) is 28.1. The van der Waals surface area contributed by atoms with Crippen LogP contribution < -0.4 is 0 Å². The molecule has 2 aliphatic heterocycles. The molecule has 0 bridgehead atoms. The minimum atomic E-state index is -1.41. The first-order chi connectivity index (χ1) is 37.8. The molecule has 0 saturated carbocycles. The predicted octanol–water partition coefficient (Wildman–Crippen LogP) is 4.26. The second kappa shape index (κ2) is 29.9. The van der Waals surface area contributed by atoms with E-state index >= 15 is 0 Å². The van der Waals surface area contributed by atoms with Gasteiger partial charge in [0.15, 0.2) is 47.5 Å². The molecule has 0 radical (unpaired) electrons. The number of esters is 8. The van der Waals surface area contributed by atoms with E-state index in [1.54, 1.807) is 12.4 Å². The van der Waals surface area contributed by atoms with Gasteiger partial charge in [0.2, 0.25) is 20.6 Å². The van der Waals surface area contributed by atoms with Crippen LogP contribution in [0.15, 0.2) is 91.5 Å². The summed E-state index contributed by atoms with van der Waals surface area (Å²) in [6, 6.07) is 18.4. The molecule has 79 heavy (non-hydrogen) atoms. The van der Waals surface area contributed by atoms with Crippen molar-refractivity contribution in [2.75, 3.05) is 24.7 Å². The van der Waals surface area contributed by atoms with Gasteiger partial charge in [0.05, 0.1) is 12.4 Å². The van der Waals surface area contributed by atoms with Crippen LogP contribution in [0, 0.1) is 0 Å². The third kappa shape index (κ3) is 18.6. The molecule has 424 valence electrons. The molecule has 2 saturated heterocycles. The first kappa shape index (κ1) is 61.4. The van der Waals surface area contributed by atoms with Crippen molar-refractivity contribution in [3.63, 3.8) is 0 Å². The molecule has 26 nitrogen and oxygen atoms in total. The van der Waals surface area contributed by atoms with E-state index < -0.39 is 121 Å². The summed E-state index contributed by atoms with van der Waals surface area (Å²) in [4.78, 5) is 98.7. The Morgan fingerprint density at radius 3 is 1.10 bits per heavy atom. The minimum absolute atomic E-state index is 0.149. The molecular formula is C49H56N8O18S4. The maximum absolute atomic E-state index is 12.6. The van der Waals surface area contributed by atoms with Crippen molar-refractivity contribution >= 4 is 107 Å². The lowest BCUT2D eigenvalue weighted by molar-refractivity contribution is -0.237. The van der Waals surface area contributed by atoms with Gasteiger partial charge in [-0.3, -0.25) is 38.4 Å². The lowest BCUT2D eigenvalue weighted by Crippen LogP contribution is -2.61. The highest BCUT2D eigenvalue weighted by Crippen LogP contribution is 2.40. The number of thioether (sulfide) groups is 4. The van der Waals surface area contributed by atoms with Crippen LogP contribution in [0.3, 0.4) is 0 Å². The molecule has 10 atom stereocenters. The summed E-state index contributed by atoms with van der Waals surface area (Å²) >= 11 is 4.44. The van der Waals surface area contributed by atoms with Crippen LogP contribution in [-0.2, 0) is 85.7 Å². The summed E-state index contributed by atoms with van der Waals surface area (Å²) in [6.45, 7) is 8.31. The molecule has 0 spiro atoms. The maximum Gasteiger partial charge on any atom is 0.303 e. The molecule has 0 N–H and O–H groups in total. The molecular weight excluding hydrogens is 1120 g/mol. The van der Waals surface area contributed by atoms with Gasteiger partial charge in [0.25, 0.3) is 0 Å². The van der Waals surface area contributed by atoms with E-state index in [9.17, 15) is 38.4 Å². The van der Waals surface area contributed by atoms with Crippen LogP contribution >= 0.6 is 47.0 Å². The van der Waals surface area contributed by atoms with Gasteiger partial charge in [-0.2, -0.15) is 19.6 Å². The lowest BCUT2D eigenvalue weighted by atomic mass is 9.99. The average molecular weight is 1170 g/mol. The molecule has 2 fully saturated rings. The topological polar surface area (TPSA) is 315 Å². The largest absolute Gasteiger partial charge is 0.463 e. The SMILES string of the molecule is CC(=O)OC[C@H]1O[C@@H](Sc2nnc(SCCCSc3nnc(S[C@@H]4O[C@H](COC(C)=O)[C@@H](OC(C)=O)[C@H](OC(C)=O)[C@H]4OC(C)=O)n3/N=C/c3ccccc3)n2/N=C/c2ccccc2)[C@H](OC(C)=O)[C@@H](OC(C)=O)[C@@H]1OC(C)=O. The Hall–Kier alpha value is -6.86. The smallest absolute Gasteiger partial charge is 0.303 e. The molecule has 2 aromatic heterocycles. The van der Waals surface area contributed by atoms with Gasteiger partial charge in [0.1, 0.15) is 25.4 Å². The normalized spacial score (nSPS) is 22.8. The van der Waals surface area contributed by atoms with Crippen LogP contribution in [0.4, 0.5) is 0 Å². The predicted molar refractivity (Wildman–Crippen MR) is 281 cm³/mol. The Labute approximate surface area is 469 Å². The molecule has 30 heteroatoms. The highest BCUT2D eigenvalue weighted by atomic mass is 32.2. The van der Waals surface area contributed by atoms with E-state index in [0.717, 1.165) is 76.2 Å². The van der Waals surface area contributed by atoms with Crippen molar-refractivity contribution in [3.05, 3.63) is 71.8 Å². The Bertz CT molecular complexity index is 2650. The van der Waals surface area contributed by atoms with Crippen molar-refractivity contribution in [2.24, 2.45) is 10.2 Å². The van der Waals surface area contributed by atoms with Crippen molar-refractivity contribution in [2.45, 2.75) is 142 Å². The molecule has 4 aromatic rings. The van der Waals surface area contributed by atoms with Crippen molar-refractivity contribution in [1.82, 2.24) is 29.7 Å². The number of hydrogen-bond acceptors (Lipinski definition) is 28. The zero-order valence-corrected chi connectivity index (χ0v) is 47.1. The van der Waals surface area contributed by atoms with Crippen LogP contribution in [0.1, 0.15) is 72.9 Å². The summed E-state index contributed by atoms with van der Waals surface area (Å²) < 4.78 is 59.7. The van der Waals surface area contributed by atoms with Gasteiger partial charge < -0.3 is 47.4 Å². The maximum atomic E-state index is 12.6. The van der Waals surface area contributed by atoms with Gasteiger partial charge in [0, 0.05) is 66.9 Å². The number of hydrogen-bond donors (Lipinski definition) is 0. The first-order valence-electron chi connectivity index (χ1n) is 24.1. The Kier molecular flexibility index (Phi) is 23.2. The molecule has 4 heterocycles. The number of aromatic nitrogens is 6. The van der Waals surface area contributed by atoms with Gasteiger partial charge >= 0.3 is 47.8 Å². The van der Waals surface area contributed by atoms with E-state index in [1.165, 1.54) is 46.7 Å². The fourth-order valence-electron chi connectivity index (χ4n) is 7.52. The zero-order chi connectivity index (χ0) is 57.2. The van der Waals surface area contributed by atoms with Gasteiger partial charge in [-0.15, -0.1) is 20.4 Å². The molecule has 2 aliphatic rings. The third-order valence-corrected chi connectivity index (χ3v) is 14.7. The minimum Gasteiger partial charge on any atom is -0.463 e. The average Bonchev–Trinajstić information content (AvgIpc) is 4.09. The second-order valence-corrected chi connectivity index (χ2v) is 21.1. The number of benzene rings is 2. The Morgan fingerprint density at radius 1 is 0.456 bits per heavy atom. The second-order valence-electron chi connectivity index (χ2n) is 16.9. The van der Waals surface area contributed by atoms with Gasteiger partial charge in [-0.25, -0.2) is 0 Å². The summed E-state index contributed by atoms with van der Waals surface area (Å²) in [5.41, 5.74) is -0.973. The quantitative estimate of drug-likeness (QED) is 0.0311. The standard InChI is InChI=1S/C49H56N8O18S4/c1-26(58)66-24-36-38(68-28(3)60)40(70-30(5)62)42(72-32(7)64)44(74-36)78-48-54-52-46(56(48)50-22-34-16-11-9-12-17-34)76-20-15-21-77-47-53-55-49(57(47)51-23-35-18-13-10-14-19-35)79-45-43(73-33(8)65)41(71-31(6)63)39(69-29(4)61)37(75-45)25-67-27(2)59/h9-14,16-19,22-23,36-45H,15,20-21,24-25H2,1-8H3/b50-22+,51-23+/t36-,37-,38-,39-,40+,41+,42-,43-,44+,45+/m1/s1. The first-order valence-corrected chi connectivity index (χ1v) is 27.8. The Balaban J connectivity index is 1.26. The van der Waals surface area contributed by atoms with Gasteiger partial charge in [-0.05, 0) is 41.1 Å². The summed E-state index contributed by atoms with van der Waals surface area (Å²) in [7, 11) is 0. The number of nitrogens with zero attached hydrogens (tertiary/aromatic N) is 8. The van der Waals surface area contributed by atoms with Gasteiger partial charge in [-0.1, -0.05) is 84.2 Å². The highest BCUT2D eigenvalue weighted by molar-refractivity contribution is 8.00. The van der Waals surface area contributed by atoms with E-state index in [0.29, 0.717) is 28.2 Å². The fourth-order valence-corrected chi connectivity index (χ4v) is 11.6. The third-order valence-electron chi connectivity index (χ3n) is 10.5. The van der Waals surface area contributed by atoms with Crippen LogP contribution in [0.2, 0.25) is 0 Å².